The fourth-order valence-electron chi connectivity index (χ4n) is 2.08. The van der Waals surface area contributed by atoms with Gasteiger partial charge in [-0.15, -0.1) is 0 Å². The third kappa shape index (κ3) is 5.39. The zero-order chi connectivity index (χ0) is 18.4. The highest BCUT2D eigenvalue weighted by Crippen LogP contribution is 2.30. The molecule has 5 nitrogen and oxygen atoms in total. The highest BCUT2D eigenvalue weighted by Gasteiger charge is 2.30. The number of nitrogens with one attached hydrogen (secondary N) is 2. The lowest BCUT2D eigenvalue weighted by molar-refractivity contribution is -0.137. The first kappa shape index (κ1) is 18.6. The number of halogens is 3. The van der Waals surface area contributed by atoms with Crippen LogP contribution in [0.5, 0.6) is 5.75 Å². The third-order valence-electron chi connectivity index (χ3n) is 3.40. The average molecular weight is 354 g/mol. The number of hydrogen-bond donors (Lipinski definition) is 3. The highest BCUT2D eigenvalue weighted by molar-refractivity contribution is 5.89. The number of aliphatic hydroxyl groups excluding tert-OH is 1. The van der Waals surface area contributed by atoms with Crippen LogP contribution in [0.4, 0.5) is 23.7 Å². The molecule has 0 bridgehead atoms. The van der Waals surface area contributed by atoms with Gasteiger partial charge in [-0.05, 0) is 35.9 Å². The van der Waals surface area contributed by atoms with Gasteiger partial charge >= 0.3 is 12.2 Å². The van der Waals surface area contributed by atoms with Crippen molar-refractivity contribution in [2.45, 2.75) is 12.3 Å². The molecule has 2 rings (SSSR count). The fraction of sp³-hybridized carbons (Fsp3) is 0.235. The first-order valence-electron chi connectivity index (χ1n) is 7.33. The summed E-state index contributed by atoms with van der Waals surface area (Å²) < 4.78 is 42.9. The summed E-state index contributed by atoms with van der Waals surface area (Å²) in [4.78, 5) is 11.8. The molecular formula is C17H17F3N2O3. The Labute approximate surface area is 142 Å². The highest BCUT2D eigenvalue weighted by atomic mass is 19.4. The molecule has 0 spiro atoms. The van der Waals surface area contributed by atoms with Crippen LogP contribution >= 0.6 is 0 Å². The van der Waals surface area contributed by atoms with Crippen LogP contribution in [0.25, 0.3) is 0 Å². The molecule has 2 amide bonds. The van der Waals surface area contributed by atoms with Gasteiger partial charge in [0, 0.05) is 12.2 Å². The van der Waals surface area contributed by atoms with Gasteiger partial charge in [-0.2, -0.15) is 13.2 Å². The molecule has 134 valence electrons. The number of carbonyl (C=O) groups is 1. The van der Waals surface area contributed by atoms with Crippen molar-refractivity contribution in [1.82, 2.24) is 5.32 Å². The smallest absolute Gasteiger partial charge is 0.416 e. The summed E-state index contributed by atoms with van der Waals surface area (Å²) in [5.41, 5.74) is -0.282. The lowest BCUT2D eigenvalue weighted by atomic mass is 10.1. The number of hydrogen-bond acceptors (Lipinski definition) is 3. The third-order valence-corrected chi connectivity index (χ3v) is 3.40. The van der Waals surface area contributed by atoms with E-state index in [1.807, 2.05) is 0 Å². The molecule has 0 aromatic heterocycles. The van der Waals surface area contributed by atoms with Crippen LogP contribution in [0, 0.1) is 0 Å². The van der Waals surface area contributed by atoms with E-state index >= 15 is 0 Å². The molecule has 25 heavy (non-hydrogen) atoms. The van der Waals surface area contributed by atoms with Crippen molar-refractivity contribution in [2.75, 3.05) is 19.0 Å². The lowest BCUT2D eigenvalue weighted by Crippen LogP contribution is -2.32. The zero-order valence-corrected chi connectivity index (χ0v) is 13.3. The Morgan fingerprint density at radius 3 is 2.48 bits per heavy atom. The quantitative estimate of drug-likeness (QED) is 0.769. The maximum absolute atomic E-state index is 12.6. The number of carbonyl (C=O) groups excluding carboxylic acids is 1. The molecule has 1 unspecified atom stereocenters. The van der Waals surface area contributed by atoms with E-state index in [1.54, 1.807) is 24.3 Å². The molecule has 8 heteroatoms. The van der Waals surface area contributed by atoms with E-state index in [-0.39, 0.29) is 12.2 Å². The van der Waals surface area contributed by atoms with Crippen molar-refractivity contribution in [1.29, 1.82) is 0 Å². The van der Waals surface area contributed by atoms with Gasteiger partial charge in [-0.1, -0.05) is 18.2 Å². The minimum absolute atomic E-state index is 0.00580. The minimum atomic E-state index is -4.49. The first-order valence-corrected chi connectivity index (χ1v) is 7.33. The van der Waals surface area contributed by atoms with Crippen molar-refractivity contribution < 1.29 is 27.8 Å². The van der Waals surface area contributed by atoms with Crippen LogP contribution in [-0.4, -0.2) is 24.8 Å². The molecule has 0 saturated carbocycles. The lowest BCUT2D eigenvalue weighted by Gasteiger charge is -2.14. The Hall–Kier alpha value is -2.74. The van der Waals surface area contributed by atoms with Crippen LogP contribution in [0.1, 0.15) is 17.2 Å². The Balaban J connectivity index is 1.89. The number of anilines is 1. The molecule has 2 aromatic rings. The Morgan fingerprint density at radius 1 is 1.20 bits per heavy atom. The average Bonchev–Trinajstić information content (AvgIpc) is 2.59. The Morgan fingerprint density at radius 2 is 1.88 bits per heavy atom. The van der Waals surface area contributed by atoms with Gasteiger partial charge in [-0.3, -0.25) is 0 Å². The Kier molecular flexibility index (Phi) is 5.87. The summed E-state index contributed by atoms with van der Waals surface area (Å²) in [6.07, 6.45) is -5.45. The standard InChI is InChI=1S/C17H17F3N2O3/c1-25-14-7-5-11(6-8-14)15(23)10-21-16(24)22-13-4-2-3-12(9-13)17(18,19)20/h2-9,15,23H,10H2,1H3,(H2,21,22,24). The number of ether oxygens (including phenoxy) is 1. The van der Waals surface area contributed by atoms with E-state index in [0.717, 1.165) is 12.1 Å². The van der Waals surface area contributed by atoms with E-state index in [4.69, 9.17) is 4.74 Å². The fourth-order valence-corrected chi connectivity index (χ4v) is 2.08. The van der Waals surface area contributed by atoms with Crippen LogP contribution in [-0.2, 0) is 6.18 Å². The van der Waals surface area contributed by atoms with Gasteiger partial charge in [0.05, 0.1) is 18.8 Å². The molecule has 0 radical (unpaired) electrons. The topological polar surface area (TPSA) is 70.6 Å². The van der Waals surface area contributed by atoms with Gasteiger partial charge in [-0.25, -0.2) is 4.79 Å². The summed E-state index contributed by atoms with van der Waals surface area (Å²) in [6, 6.07) is 10.2. The molecule has 0 aliphatic rings. The van der Waals surface area contributed by atoms with E-state index in [9.17, 15) is 23.1 Å². The number of benzene rings is 2. The van der Waals surface area contributed by atoms with E-state index < -0.39 is 23.9 Å². The summed E-state index contributed by atoms with van der Waals surface area (Å²) in [6.45, 7) is -0.100. The van der Waals surface area contributed by atoms with E-state index in [2.05, 4.69) is 10.6 Å². The number of rotatable bonds is 5. The van der Waals surface area contributed by atoms with Gasteiger partial charge in [0.2, 0.25) is 0 Å². The number of methoxy groups -OCH3 is 1. The molecule has 3 N–H and O–H groups in total. The molecule has 0 saturated heterocycles. The molecular weight excluding hydrogens is 337 g/mol. The van der Waals surface area contributed by atoms with E-state index in [1.165, 1.54) is 19.2 Å². The van der Waals surface area contributed by atoms with E-state index in [0.29, 0.717) is 11.3 Å². The molecule has 0 fully saturated rings. The van der Waals surface area contributed by atoms with Crippen molar-refractivity contribution in [2.24, 2.45) is 0 Å². The van der Waals surface area contributed by atoms with Crippen molar-refractivity contribution >= 4 is 11.7 Å². The van der Waals surface area contributed by atoms with Crippen LogP contribution < -0.4 is 15.4 Å². The van der Waals surface area contributed by atoms with Gasteiger partial charge in [0.1, 0.15) is 5.75 Å². The minimum Gasteiger partial charge on any atom is -0.497 e. The van der Waals surface area contributed by atoms with Crippen molar-refractivity contribution in [3.05, 3.63) is 59.7 Å². The maximum atomic E-state index is 12.6. The molecule has 2 aromatic carbocycles. The first-order chi connectivity index (χ1) is 11.8. The second-order valence-corrected chi connectivity index (χ2v) is 5.20. The van der Waals surface area contributed by atoms with Crippen molar-refractivity contribution in [3.8, 4) is 5.75 Å². The molecule has 0 heterocycles. The normalized spacial score (nSPS) is 12.4. The summed E-state index contributed by atoms with van der Waals surface area (Å²) in [5, 5.41) is 14.7. The molecule has 0 aliphatic heterocycles. The van der Waals surface area contributed by atoms with Crippen LogP contribution in [0.2, 0.25) is 0 Å². The second kappa shape index (κ2) is 7.89. The van der Waals surface area contributed by atoms with Gasteiger partial charge in [0.25, 0.3) is 0 Å². The number of aliphatic hydroxyl groups is 1. The predicted octanol–water partition coefficient (Wildman–Crippen LogP) is 3.57. The van der Waals surface area contributed by atoms with Crippen LogP contribution in [0.3, 0.4) is 0 Å². The summed E-state index contributed by atoms with van der Waals surface area (Å²) >= 11 is 0. The van der Waals surface area contributed by atoms with Gasteiger partial charge in [0.15, 0.2) is 0 Å². The largest absolute Gasteiger partial charge is 0.497 e. The maximum Gasteiger partial charge on any atom is 0.416 e. The Bertz CT molecular complexity index is 718. The second-order valence-electron chi connectivity index (χ2n) is 5.20. The SMILES string of the molecule is COc1ccc(C(O)CNC(=O)Nc2cccc(C(F)(F)F)c2)cc1. The van der Waals surface area contributed by atoms with Gasteiger partial charge < -0.3 is 20.5 Å². The molecule has 0 aliphatic carbocycles. The number of urea groups is 1. The number of amides is 2. The summed E-state index contributed by atoms with van der Waals surface area (Å²) in [5.74, 6) is 0.631. The summed E-state index contributed by atoms with van der Waals surface area (Å²) in [7, 11) is 1.52. The predicted molar refractivity (Wildman–Crippen MR) is 86.4 cm³/mol. The zero-order valence-electron chi connectivity index (χ0n) is 13.3. The van der Waals surface area contributed by atoms with Crippen LogP contribution in [0.15, 0.2) is 48.5 Å². The number of alkyl halides is 3. The molecule has 1 atom stereocenters. The van der Waals surface area contributed by atoms with Crippen molar-refractivity contribution in [3.63, 3.8) is 0 Å². The monoisotopic (exact) mass is 354 g/mol.